The summed E-state index contributed by atoms with van der Waals surface area (Å²) >= 11 is 0. The van der Waals surface area contributed by atoms with Crippen molar-refractivity contribution in [1.82, 2.24) is 9.80 Å². The summed E-state index contributed by atoms with van der Waals surface area (Å²) in [6, 6.07) is 10.5. The van der Waals surface area contributed by atoms with Crippen LogP contribution < -0.4 is 0 Å². The van der Waals surface area contributed by atoms with Gasteiger partial charge >= 0.3 is 0 Å². The van der Waals surface area contributed by atoms with Gasteiger partial charge in [-0.25, -0.2) is 0 Å². The Bertz CT molecular complexity index is 386. The average molecular weight is 232 g/mol. The second kappa shape index (κ2) is 4.88. The Morgan fingerprint density at radius 2 is 1.76 bits per heavy atom. The predicted octanol–water partition coefficient (Wildman–Crippen LogP) is 1.91. The maximum absolute atomic E-state index is 12.0. The van der Waals surface area contributed by atoms with Gasteiger partial charge in [0.25, 0.3) is 0 Å². The fourth-order valence-corrected chi connectivity index (χ4v) is 2.64. The Morgan fingerprint density at radius 3 is 2.29 bits per heavy atom. The summed E-state index contributed by atoms with van der Waals surface area (Å²) in [5.74, 6) is 0.238. The maximum atomic E-state index is 12.0. The smallest absolute Gasteiger partial charge is 0.242 e. The molecule has 2 rings (SSSR count). The normalized spacial score (nSPS) is 24.0. The third-order valence-electron chi connectivity index (χ3n) is 3.66. The zero-order chi connectivity index (χ0) is 12.4. The van der Waals surface area contributed by atoms with Crippen LogP contribution in [-0.2, 0) is 4.79 Å². The van der Waals surface area contributed by atoms with Crippen molar-refractivity contribution < 1.29 is 4.79 Å². The SMILES string of the molecule is CCN(CC)[C@H]1C(=O)N(C)[C@@H]1c1ccccc1. The molecule has 92 valence electrons. The first-order valence-corrected chi connectivity index (χ1v) is 6.26. The van der Waals surface area contributed by atoms with Gasteiger partial charge in [-0.05, 0) is 18.7 Å². The summed E-state index contributed by atoms with van der Waals surface area (Å²) in [4.78, 5) is 16.1. The van der Waals surface area contributed by atoms with E-state index < -0.39 is 0 Å². The lowest BCUT2D eigenvalue weighted by Crippen LogP contribution is -2.64. The number of likely N-dealkylation sites (N-methyl/N-ethyl adjacent to an activating group) is 2. The monoisotopic (exact) mass is 232 g/mol. The van der Waals surface area contributed by atoms with Crippen LogP contribution in [-0.4, -0.2) is 41.9 Å². The summed E-state index contributed by atoms with van der Waals surface area (Å²) in [6.07, 6.45) is 0. The van der Waals surface area contributed by atoms with Crippen molar-refractivity contribution in [1.29, 1.82) is 0 Å². The standard InChI is InChI=1S/C14H20N2O/c1-4-16(5-2)13-12(15(3)14(13)17)11-9-7-6-8-10-11/h6-10,12-13H,4-5H2,1-3H3/t12-,13-/m1/s1. The fraction of sp³-hybridized carbons (Fsp3) is 0.500. The van der Waals surface area contributed by atoms with E-state index in [9.17, 15) is 4.79 Å². The number of likely N-dealkylation sites (tertiary alicyclic amines) is 1. The molecule has 0 saturated carbocycles. The van der Waals surface area contributed by atoms with Crippen LogP contribution in [0.4, 0.5) is 0 Å². The first kappa shape index (κ1) is 12.1. The molecule has 0 aromatic heterocycles. The number of hydrogen-bond acceptors (Lipinski definition) is 2. The molecule has 1 heterocycles. The van der Waals surface area contributed by atoms with E-state index in [1.807, 2.05) is 30.1 Å². The van der Waals surface area contributed by atoms with Crippen LogP contribution >= 0.6 is 0 Å². The third kappa shape index (κ3) is 1.95. The lowest BCUT2D eigenvalue weighted by molar-refractivity contribution is -0.156. The molecular formula is C14H20N2O. The first-order chi connectivity index (χ1) is 8.20. The molecule has 1 fully saturated rings. The highest BCUT2D eigenvalue weighted by Crippen LogP contribution is 2.36. The molecule has 1 saturated heterocycles. The summed E-state index contributed by atoms with van der Waals surface area (Å²) < 4.78 is 0. The number of hydrogen-bond donors (Lipinski definition) is 0. The van der Waals surface area contributed by atoms with E-state index in [2.05, 4.69) is 30.9 Å². The van der Waals surface area contributed by atoms with Crippen LogP contribution in [0.2, 0.25) is 0 Å². The van der Waals surface area contributed by atoms with Gasteiger partial charge in [-0.2, -0.15) is 0 Å². The van der Waals surface area contributed by atoms with Gasteiger partial charge in [0.1, 0.15) is 6.04 Å². The number of nitrogens with zero attached hydrogens (tertiary/aromatic N) is 2. The second-order valence-corrected chi connectivity index (χ2v) is 4.47. The van der Waals surface area contributed by atoms with Gasteiger partial charge in [-0.3, -0.25) is 9.69 Å². The molecule has 1 aliphatic heterocycles. The minimum absolute atomic E-state index is 0.0254. The molecule has 17 heavy (non-hydrogen) atoms. The van der Waals surface area contributed by atoms with Crippen molar-refractivity contribution >= 4 is 5.91 Å². The van der Waals surface area contributed by atoms with E-state index >= 15 is 0 Å². The lowest BCUT2D eigenvalue weighted by atomic mass is 9.88. The Balaban J connectivity index is 2.24. The van der Waals surface area contributed by atoms with Crippen LogP contribution in [0.5, 0.6) is 0 Å². The number of β-lactam (4-membered cyclic amide) rings is 1. The molecule has 0 unspecified atom stereocenters. The molecule has 1 aromatic carbocycles. The van der Waals surface area contributed by atoms with Gasteiger partial charge in [0, 0.05) is 7.05 Å². The molecule has 1 aliphatic rings. The van der Waals surface area contributed by atoms with Crippen LogP contribution in [0, 0.1) is 0 Å². The van der Waals surface area contributed by atoms with Crippen molar-refractivity contribution in [3.8, 4) is 0 Å². The third-order valence-corrected chi connectivity index (χ3v) is 3.66. The Morgan fingerprint density at radius 1 is 1.18 bits per heavy atom. The molecule has 2 atom stereocenters. The van der Waals surface area contributed by atoms with Crippen molar-refractivity contribution in [2.75, 3.05) is 20.1 Å². The molecule has 0 bridgehead atoms. The van der Waals surface area contributed by atoms with Gasteiger partial charge < -0.3 is 4.90 Å². The second-order valence-electron chi connectivity index (χ2n) is 4.47. The summed E-state index contributed by atoms with van der Waals surface area (Å²) in [6.45, 7) is 6.06. The Kier molecular flexibility index (Phi) is 3.48. The average Bonchev–Trinajstić information content (AvgIpc) is 2.39. The highest BCUT2D eigenvalue weighted by atomic mass is 16.2. The van der Waals surface area contributed by atoms with E-state index in [-0.39, 0.29) is 18.0 Å². The molecule has 1 aromatic rings. The van der Waals surface area contributed by atoms with Gasteiger partial charge in [0.05, 0.1) is 6.04 Å². The van der Waals surface area contributed by atoms with E-state index in [1.165, 1.54) is 5.56 Å². The van der Waals surface area contributed by atoms with Crippen LogP contribution in [0.1, 0.15) is 25.5 Å². The van der Waals surface area contributed by atoms with Crippen molar-refractivity contribution in [2.24, 2.45) is 0 Å². The van der Waals surface area contributed by atoms with Crippen LogP contribution in [0.15, 0.2) is 30.3 Å². The predicted molar refractivity (Wildman–Crippen MR) is 68.7 cm³/mol. The van der Waals surface area contributed by atoms with E-state index in [0.29, 0.717) is 0 Å². The number of carbonyl (C=O) groups excluding carboxylic acids is 1. The zero-order valence-electron chi connectivity index (χ0n) is 10.8. The van der Waals surface area contributed by atoms with Crippen molar-refractivity contribution in [3.63, 3.8) is 0 Å². The molecule has 3 nitrogen and oxygen atoms in total. The number of rotatable bonds is 4. The maximum Gasteiger partial charge on any atom is 0.242 e. The molecule has 0 N–H and O–H groups in total. The molecule has 0 radical (unpaired) electrons. The van der Waals surface area contributed by atoms with Gasteiger partial charge in [-0.1, -0.05) is 44.2 Å². The number of amides is 1. The van der Waals surface area contributed by atoms with Crippen LogP contribution in [0.3, 0.4) is 0 Å². The molecule has 0 aliphatic carbocycles. The molecule has 1 amide bonds. The van der Waals surface area contributed by atoms with Gasteiger partial charge in [-0.15, -0.1) is 0 Å². The lowest BCUT2D eigenvalue weighted by Gasteiger charge is -2.49. The minimum atomic E-state index is 0.0254. The molecule has 0 spiro atoms. The summed E-state index contributed by atoms with van der Waals surface area (Å²) in [5, 5.41) is 0. The molecule has 3 heteroatoms. The van der Waals surface area contributed by atoms with Gasteiger partial charge in [0.15, 0.2) is 0 Å². The van der Waals surface area contributed by atoms with Gasteiger partial charge in [0.2, 0.25) is 5.91 Å². The molecular weight excluding hydrogens is 212 g/mol. The Hall–Kier alpha value is -1.35. The van der Waals surface area contributed by atoms with E-state index in [4.69, 9.17) is 0 Å². The zero-order valence-corrected chi connectivity index (χ0v) is 10.8. The quantitative estimate of drug-likeness (QED) is 0.740. The highest BCUT2D eigenvalue weighted by molar-refractivity contribution is 5.89. The van der Waals surface area contributed by atoms with Crippen molar-refractivity contribution in [3.05, 3.63) is 35.9 Å². The van der Waals surface area contributed by atoms with Crippen LogP contribution in [0.25, 0.3) is 0 Å². The largest absolute Gasteiger partial charge is 0.335 e. The number of carbonyl (C=O) groups is 1. The Labute approximate surface area is 103 Å². The van der Waals surface area contributed by atoms with E-state index in [0.717, 1.165) is 13.1 Å². The minimum Gasteiger partial charge on any atom is -0.335 e. The van der Waals surface area contributed by atoms with Crippen molar-refractivity contribution in [2.45, 2.75) is 25.9 Å². The van der Waals surface area contributed by atoms with E-state index in [1.54, 1.807) is 0 Å². The fourth-order valence-electron chi connectivity index (χ4n) is 2.64. The first-order valence-electron chi connectivity index (χ1n) is 6.26. The highest BCUT2D eigenvalue weighted by Gasteiger charge is 2.48. The summed E-state index contributed by atoms with van der Waals surface area (Å²) in [7, 11) is 1.89. The number of benzene rings is 1. The summed E-state index contributed by atoms with van der Waals surface area (Å²) in [5.41, 5.74) is 1.23. The topological polar surface area (TPSA) is 23.6 Å².